The topological polar surface area (TPSA) is 41.9 Å². The third kappa shape index (κ3) is 6.05. The molecule has 0 aromatic heterocycles. The highest BCUT2D eigenvalue weighted by Crippen LogP contribution is 2.38. The van der Waals surface area contributed by atoms with Crippen LogP contribution in [0, 0.1) is 5.82 Å². The van der Waals surface area contributed by atoms with E-state index in [1.165, 1.54) is 23.9 Å². The number of nitrogens with zero attached hydrogens (tertiary/aromatic N) is 2. The fourth-order valence-electron chi connectivity index (χ4n) is 3.65. The first kappa shape index (κ1) is 25.1. The Morgan fingerprint density at radius 2 is 1.59 bits per heavy atom. The van der Waals surface area contributed by atoms with E-state index in [9.17, 15) is 9.18 Å². The number of halogens is 3. The zero-order valence-electron chi connectivity index (χ0n) is 19.3. The molecule has 184 valence electrons. The molecule has 1 saturated heterocycles. The van der Waals surface area contributed by atoms with Gasteiger partial charge in [-0.1, -0.05) is 53.5 Å². The van der Waals surface area contributed by atoms with E-state index in [1.807, 2.05) is 24.3 Å². The summed E-state index contributed by atoms with van der Waals surface area (Å²) in [5.74, 6) is 0.0352. The highest BCUT2D eigenvalue weighted by molar-refractivity contribution is 8.19. The third-order valence-corrected chi connectivity index (χ3v) is 6.90. The Kier molecular flexibility index (Phi) is 7.60. The lowest BCUT2D eigenvalue weighted by Gasteiger charge is -2.15. The summed E-state index contributed by atoms with van der Waals surface area (Å²) in [4.78, 5) is 20.3. The summed E-state index contributed by atoms with van der Waals surface area (Å²) >= 11 is 13.4. The van der Waals surface area contributed by atoms with Crippen LogP contribution in [0.25, 0.3) is 6.08 Å². The quantitative estimate of drug-likeness (QED) is 0.227. The first-order valence-electron chi connectivity index (χ1n) is 11.3. The minimum Gasteiger partial charge on any atom is -0.488 e. The molecule has 5 rings (SSSR count). The van der Waals surface area contributed by atoms with Gasteiger partial charge in [-0.05, 0) is 90.1 Å². The van der Waals surface area contributed by atoms with E-state index in [0.29, 0.717) is 42.8 Å². The van der Waals surface area contributed by atoms with Crippen molar-refractivity contribution >= 4 is 63.5 Å². The van der Waals surface area contributed by atoms with Crippen LogP contribution in [-0.4, -0.2) is 11.1 Å². The molecule has 0 radical (unpaired) electrons. The maximum absolute atomic E-state index is 13.6. The molecule has 1 amide bonds. The zero-order valence-corrected chi connectivity index (χ0v) is 21.6. The van der Waals surface area contributed by atoms with Crippen molar-refractivity contribution in [2.24, 2.45) is 4.99 Å². The molecule has 4 nitrogen and oxygen atoms in total. The van der Waals surface area contributed by atoms with Crippen molar-refractivity contribution in [2.75, 3.05) is 4.90 Å². The maximum atomic E-state index is 13.6. The minimum absolute atomic E-state index is 0.194. The number of hydrogen-bond acceptors (Lipinski definition) is 4. The van der Waals surface area contributed by atoms with Gasteiger partial charge >= 0.3 is 0 Å². The highest BCUT2D eigenvalue weighted by Gasteiger charge is 2.35. The molecule has 0 N–H and O–H groups in total. The van der Waals surface area contributed by atoms with Gasteiger partial charge in [-0.3, -0.25) is 9.69 Å². The van der Waals surface area contributed by atoms with Gasteiger partial charge < -0.3 is 4.74 Å². The van der Waals surface area contributed by atoms with E-state index in [-0.39, 0.29) is 18.3 Å². The van der Waals surface area contributed by atoms with E-state index in [2.05, 4.69) is 0 Å². The molecule has 1 fully saturated rings. The first-order valence-corrected chi connectivity index (χ1v) is 12.8. The molecule has 8 heteroatoms. The van der Waals surface area contributed by atoms with Gasteiger partial charge in [0.05, 0.1) is 16.3 Å². The van der Waals surface area contributed by atoms with Gasteiger partial charge in [-0.25, -0.2) is 9.38 Å². The molecule has 0 atom stereocenters. The van der Waals surface area contributed by atoms with Crippen molar-refractivity contribution in [1.82, 2.24) is 0 Å². The number of ether oxygens (including phenoxy) is 1. The van der Waals surface area contributed by atoms with Crippen LogP contribution >= 0.6 is 35.0 Å². The molecule has 1 aliphatic rings. The maximum Gasteiger partial charge on any atom is 0.271 e. The van der Waals surface area contributed by atoms with E-state index >= 15 is 0 Å². The van der Waals surface area contributed by atoms with Gasteiger partial charge in [0.1, 0.15) is 18.2 Å². The van der Waals surface area contributed by atoms with E-state index in [0.717, 1.165) is 5.56 Å². The number of thioether (sulfide) groups is 1. The van der Waals surface area contributed by atoms with Crippen LogP contribution in [0.2, 0.25) is 10.0 Å². The van der Waals surface area contributed by atoms with Gasteiger partial charge in [0.25, 0.3) is 5.91 Å². The molecule has 4 aromatic rings. The highest BCUT2D eigenvalue weighted by atomic mass is 35.5. The summed E-state index contributed by atoms with van der Waals surface area (Å²) in [5, 5.41) is 1.67. The zero-order chi connectivity index (χ0) is 25.8. The van der Waals surface area contributed by atoms with Crippen molar-refractivity contribution in [2.45, 2.75) is 6.61 Å². The standard InChI is InChI=1S/C29H19Cl2FN2O2S/c30-21-8-12-24(13-9-21)33-29-34(25-14-10-22(31)11-15-25)28(35)27(37-29)17-20-5-1-2-7-26(20)36-18-19-4-3-6-23(32)16-19/h1-17H,18H2/b27-17-,33-29?. The summed E-state index contributed by atoms with van der Waals surface area (Å²) in [6, 6.07) is 27.7. The molecule has 0 aliphatic carbocycles. The lowest BCUT2D eigenvalue weighted by atomic mass is 10.1. The second-order valence-electron chi connectivity index (χ2n) is 8.05. The average Bonchev–Trinajstić information content (AvgIpc) is 3.19. The predicted octanol–water partition coefficient (Wildman–Crippen LogP) is 8.52. The molecule has 0 unspecified atom stereocenters. The van der Waals surface area contributed by atoms with Crippen LogP contribution in [0.1, 0.15) is 11.1 Å². The number of rotatable bonds is 6. The fourth-order valence-corrected chi connectivity index (χ4v) is 4.90. The normalized spacial score (nSPS) is 15.5. The molecule has 0 bridgehead atoms. The Bertz CT molecular complexity index is 1510. The minimum atomic E-state index is -0.320. The molecule has 37 heavy (non-hydrogen) atoms. The van der Waals surface area contributed by atoms with Crippen LogP contribution in [0.15, 0.2) is 107 Å². The Balaban J connectivity index is 1.48. The molecule has 4 aromatic carbocycles. The monoisotopic (exact) mass is 548 g/mol. The fraction of sp³-hybridized carbons (Fsp3) is 0.0345. The number of hydrogen-bond donors (Lipinski definition) is 0. The number of amides is 1. The lowest BCUT2D eigenvalue weighted by molar-refractivity contribution is -0.113. The molecule has 0 spiro atoms. The van der Waals surface area contributed by atoms with Gasteiger partial charge in [0.2, 0.25) is 0 Å². The number of benzene rings is 4. The van der Waals surface area contributed by atoms with E-state index in [4.69, 9.17) is 32.9 Å². The number of anilines is 1. The Morgan fingerprint density at radius 1 is 0.892 bits per heavy atom. The first-order chi connectivity index (χ1) is 18.0. The Morgan fingerprint density at radius 3 is 2.32 bits per heavy atom. The van der Waals surface area contributed by atoms with Crippen molar-refractivity contribution < 1.29 is 13.9 Å². The molecular formula is C29H19Cl2FN2O2S. The van der Waals surface area contributed by atoms with Crippen molar-refractivity contribution in [3.8, 4) is 5.75 Å². The number of carbonyl (C=O) groups is 1. The third-order valence-electron chi connectivity index (χ3n) is 5.43. The smallest absolute Gasteiger partial charge is 0.271 e. The number of amidine groups is 1. The van der Waals surface area contributed by atoms with Crippen molar-refractivity contribution in [1.29, 1.82) is 0 Å². The van der Waals surface area contributed by atoms with Crippen LogP contribution in [0.3, 0.4) is 0 Å². The summed E-state index contributed by atoms with van der Waals surface area (Å²) in [5.41, 5.74) is 2.74. The largest absolute Gasteiger partial charge is 0.488 e. The number of para-hydroxylation sites is 1. The summed E-state index contributed by atoms with van der Waals surface area (Å²) in [6.45, 7) is 0.194. The Hall–Kier alpha value is -3.58. The van der Waals surface area contributed by atoms with Gasteiger partial charge in [-0.2, -0.15) is 0 Å². The lowest BCUT2D eigenvalue weighted by Crippen LogP contribution is -2.28. The van der Waals surface area contributed by atoms with Gasteiger partial charge in [0, 0.05) is 15.6 Å². The van der Waals surface area contributed by atoms with Crippen LogP contribution < -0.4 is 9.64 Å². The van der Waals surface area contributed by atoms with Crippen molar-refractivity contribution in [3.63, 3.8) is 0 Å². The van der Waals surface area contributed by atoms with Gasteiger partial charge in [0.15, 0.2) is 5.17 Å². The average molecular weight is 549 g/mol. The van der Waals surface area contributed by atoms with Gasteiger partial charge in [-0.15, -0.1) is 0 Å². The summed E-state index contributed by atoms with van der Waals surface area (Å²) < 4.78 is 19.5. The summed E-state index contributed by atoms with van der Waals surface area (Å²) in [7, 11) is 0. The predicted molar refractivity (Wildman–Crippen MR) is 150 cm³/mol. The molecule has 1 heterocycles. The molecule has 1 aliphatic heterocycles. The number of carbonyl (C=O) groups excluding carboxylic acids is 1. The van der Waals surface area contributed by atoms with Crippen LogP contribution in [-0.2, 0) is 11.4 Å². The second-order valence-corrected chi connectivity index (χ2v) is 9.94. The SMILES string of the molecule is O=C1/C(=C/c2ccccc2OCc2cccc(F)c2)SC(=Nc2ccc(Cl)cc2)N1c1ccc(Cl)cc1. The van der Waals surface area contributed by atoms with Crippen molar-refractivity contribution in [3.05, 3.63) is 129 Å². The molecular weight excluding hydrogens is 530 g/mol. The summed E-state index contributed by atoms with van der Waals surface area (Å²) in [6.07, 6.45) is 1.78. The second kappa shape index (κ2) is 11.2. The van der Waals surface area contributed by atoms with Crippen LogP contribution in [0.4, 0.5) is 15.8 Å². The van der Waals surface area contributed by atoms with E-state index in [1.54, 1.807) is 71.6 Å². The van der Waals surface area contributed by atoms with Crippen LogP contribution in [0.5, 0.6) is 5.75 Å². The Labute approximate surface area is 228 Å². The van der Waals surface area contributed by atoms with E-state index < -0.39 is 0 Å². The number of aliphatic imine (C=N–C) groups is 1. The molecule has 0 saturated carbocycles.